The fourth-order valence-electron chi connectivity index (χ4n) is 3.24. The van der Waals surface area contributed by atoms with E-state index in [9.17, 15) is 19.5 Å². The summed E-state index contributed by atoms with van der Waals surface area (Å²) < 4.78 is 0. The summed E-state index contributed by atoms with van der Waals surface area (Å²) in [4.78, 5) is 36.0. The molecule has 0 fully saturated rings. The molecule has 7 nitrogen and oxygen atoms in total. The Morgan fingerprint density at radius 3 is 1.94 bits per heavy atom. The molecular weight excluding hydrogens is 456 g/mol. The van der Waals surface area contributed by atoms with E-state index in [1.54, 1.807) is 36.4 Å². The Morgan fingerprint density at radius 2 is 1.44 bits per heavy atom. The van der Waals surface area contributed by atoms with Gasteiger partial charge in [-0.3, -0.25) is 14.4 Å². The molecule has 0 saturated carbocycles. The summed E-state index contributed by atoms with van der Waals surface area (Å²) in [5, 5.41) is 23.9. The smallest absolute Gasteiger partial charge is 0.251 e. The Bertz CT molecular complexity index is 1160. The number of carbonyl (C=O) groups is 3. The topological polar surface area (TPSA) is 116 Å². The highest BCUT2D eigenvalue weighted by Crippen LogP contribution is 2.11. The molecule has 2 amide bonds. The third-order valence-electron chi connectivity index (χ3n) is 5.25. The molecule has 2 atom stereocenters. The van der Waals surface area contributed by atoms with Crippen LogP contribution >= 0.6 is 0 Å². The first-order valence-electron chi connectivity index (χ1n) is 11.8. The summed E-state index contributed by atoms with van der Waals surface area (Å²) in [5.41, 5.74) is 2.43. The molecule has 0 heterocycles. The number of Topliss-reactive ketones (excluding diaryl/α,β-unsaturated/α-hetero) is 1. The molecule has 0 aliphatic carbocycles. The minimum absolute atomic E-state index is 0.00488. The van der Waals surface area contributed by atoms with E-state index in [1.165, 1.54) is 6.92 Å². The van der Waals surface area contributed by atoms with Crippen LogP contribution in [0, 0.1) is 29.6 Å². The first-order valence-corrected chi connectivity index (χ1v) is 11.8. The molecule has 7 heteroatoms. The highest BCUT2D eigenvalue weighted by Gasteiger charge is 2.25. The minimum atomic E-state index is -1.18. The Balaban J connectivity index is 1.91. The van der Waals surface area contributed by atoms with Crippen molar-refractivity contribution in [3.05, 3.63) is 65.2 Å². The molecule has 2 rings (SSSR count). The van der Waals surface area contributed by atoms with Crippen molar-refractivity contribution in [2.24, 2.45) is 5.92 Å². The second-order valence-corrected chi connectivity index (χ2v) is 8.81. The van der Waals surface area contributed by atoms with E-state index in [0.29, 0.717) is 17.9 Å². The van der Waals surface area contributed by atoms with Gasteiger partial charge in [0.25, 0.3) is 5.91 Å². The largest absolute Gasteiger partial charge is 0.391 e. The van der Waals surface area contributed by atoms with Crippen molar-refractivity contribution in [3.8, 4) is 23.7 Å². The maximum atomic E-state index is 12.3. The lowest BCUT2D eigenvalue weighted by Gasteiger charge is -2.19. The van der Waals surface area contributed by atoms with Crippen LogP contribution in [0.15, 0.2) is 48.5 Å². The van der Waals surface area contributed by atoms with Crippen LogP contribution < -0.4 is 10.6 Å². The highest BCUT2D eigenvalue weighted by atomic mass is 16.3. The molecular formula is C29H32N2O5. The monoisotopic (exact) mass is 488 g/mol. The van der Waals surface area contributed by atoms with Crippen molar-refractivity contribution < 1.29 is 24.6 Å². The Labute approximate surface area is 212 Å². The van der Waals surface area contributed by atoms with E-state index in [-0.39, 0.29) is 11.5 Å². The summed E-state index contributed by atoms with van der Waals surface area (Å²) in [6.07, 6.45) is 1.27. The molecule has 0 unspecified atom stereocenters. The van der Waals surface area contributed by atoms with Crippen LogP contribution in [0.2, 0.25) is 0 Å². The number of carbonyl (C=O) groups excluding carboxylic acids is 3. The number of anilines is 1. The van der Waals surface area contributed by atoms with Gasteiger partial charge in [-0.1, -0.05) is 32.1 Å². The molecule has 0 aromatic heterocycles. The molecule has 0 aliphatic rings. The number of hydrogen-bond acceptors (Lipinski definition) is 5. The lowest BCUT2D eigenvalue weighted by molar-refractivity contribution is -0.126. The third-order valence-corrected chi connectivity index (χ3v) is 5.25. The average molecular weight is 489 g/mol. The van der Waals surface area contributed by atoms with E-state index in [4.69, 9.17) is 5.11 Å². The van der Waals surface area contributed by atoms with Gasteiger partial charge >= 0.3 is 0 Å². The van der Waals surface area contributed by atoms with Crippen LogP contribution in [0.3, 0.4) is 0 Å². The number of nitrogens with one attached hydrogen (secondary N) is 2. The second kappa shape index (κ2) is 14.5. The molecule has 2 aromatic rings. The van der Waals surface area contributed by atoms with Crippen molar-refractivity contribution in [1.82, 2.24) is 5.32 Å². The van der Waals surface area contributed by atoms with Gasteiger partial charge in [0, 0.05) is 28.8 Å². The van der Waals surface area contributed by atoms with Crippen molar-refractivity contribution in [2.45, 2.75) is 52.2 Å². The van der Waals surface area contributed by atoms with E-state index < -0.39 is 30.4 Å². The van der Waals surface area contributed by atoms with Gasteiger partial charge in [0.05, 0.1) is 6.10 Å². The van der Waals surface area contributed by atoms with Gasteiger partial charge in [0.15, 0.2) is 5.78 Å². The highest BCUT2D eigenvalue weighted by molar-refractivity contribution is 5.98. The predicted molar refractivity (Wildman–Crippen MR) is 139 cm³/mol. The summed E-state index contributed by atoms with van der Waals surface area (Å²) in [7, 11) is 0. The van der Waals surface area contributed by atoms with Crippen LogP contribution in [-0.2, 0) is 9.59 Å². The van der Waals surface area contributed by atoms with E-state index in [1.807, 2.05) is 12.1 Å². The average Bonchev–Trinajstić information content (AvgIpc) is 2.85. The zero-order chi connectivity index (χ0) is 26.5. The van der Waals surface area contributed by atoms with Gasteiger partial charge in [0.1, 0.15) is 12.6 Å². The summed E-state index contributed by atoms with van der Waals surface area (Å²) >= 11 is 0. The first-order chi connectivity index (χ1) is 17.2. The number of aliphatic hydroxyl groups excluding tert-OH is 2. The number of rotatable bonds is 10. The van der Waals surface area contributed by atoms with Crippen LogP contribution in [0.25, 0.3) is 0 Å². The molecule has 0 aliphatic heterocycles. The van der Waals surface area contributed by atoms with Gasteiger partial charge in [-0.25, -0.2) is 0 Å². The molecule has 36 heavy (non-hydrogen) atoms. The zero-order valence-corrected chi connectivity index (χ0v) is 20.8. The van der Waals surface area contributed by atoms with Crippen molar-refractivity contribution in [1.29, 1.82) is 0 Å². The molecule has 2 aromatic carbocycles. The van der Waals surface area contributed by atoms with Gasteiger partial charge in [0.2, 0.25) is 5.91 Å². The van der Waals surface area contributed by atoms with E-state index in [0.717, 1.165) is 24.1 Å². The van der Waals surface area contributed by atoms with Gasteiger partial charge in [-0.2, -0.15) is 0 Å². The van der Waals surface area contributed by atoms with E-state index in [2.05, 4.69) is 48.2 Å². The van der Waals surface area contributed by atoms with Crippen LogP contribution in [0.4, 0.5) is 5.69 Å². The molecule has 0 spiro atoms. The zero-order valence-electron chi connectivity index (χ0n) is 20.8. The van der Waals surface area contributed by atoms with Crippen LogP contribution in [0.1, 0.15) is 61.5 Å². The lowest BCUT2D eigenvalue weighted by Crippen LogP contribution is -2.48. The lowest BCUT2D eigenvalue weighted by atomic mass is 10.1. The predicted octanol–water partition coefficient (Wildman–Crippen LogP) is 2.90. The summed E-state index contributed by atoms with van der Waals surface area (Å²) in [5.74, 6) is 10.8. The van der Waals surface area contributed by atoms with Gasteiger partial charge in [-0.15, -0.1) is 0 Å². The number of hydrogen-bond donors (Lipinski definition) is 4. The summed E-state index contributed by atoms with van der Waals surface area (Å²) in [6.45, 7) is 4.87. The van der Waals surface area contributed by atoms with Crippen molar-refractivity contribution >= 4 is 23.3 Å². The number of aliphatic hydroxyl groups is 2. The van der Waals surface area contributed by atoms with Crippen LogP contribution in [0.5, 0.6) is 0 Å². The summed E-state index contributed by atoms with van der Waals surface area (Å²) in [6, 6.07) is 12.4. The van der Waals surface area contributed by atoms with E-state index >= 15 is 0 Å². The third kappa shape index (κ3) is 9.76. The van der Waals surface area contributed by atoms with Gasteiger partial charge < -0.3 is 20.8 Å². The number of amides is 2. The standard InChI is InChI=1S/C29H32N2O5/c1-20(2)7-6-10-27(35)30-25-17-13-23(14-18-25)9-5-4-8-22-11-15-24(16-12-22)29(36)31-28(21(3)33)26(34)19-32/h11-18,20-21,28,32-33H,6-7,10,19H2,1-3H3,(H,30,35)(H,31,36)/t21-,28+/m1/s1. The molecule has 0 saturated heterocycles. The fraction of sp³-hybridized carbons (Fsp3) is 0.345. The Hall–Kier alpha value is -3.91. The normalized spacial score (nSPS) is 11.8. The number of ketones is 1. The Kier molecular flexibility index (Phi) is 11.4. The van der Waals surface area contributed by atoms with Crippen molar-refractivity contribution in [2.75, 3.05) is 11.9 Å². The number of benzene rings is 2. The molecule has 0 bridgehead atoms. The first kappa shape index (κ1) is 28.3. The maximum absolute atomic E-state index is 12.3. The molecule has 4 N–H and O–H groups in total. The molecule has 0 radical (unpaired) electrons. The molecule has 188 valence electrons. The second-order valence-electron chi connectivity index (χ2n) is 8.81. The SMILES string of the molecule is CC(C)CCCC(=O)Nc1ccc(C#CC#Cc2ccc(C(=O)N[C@H](C(=O)CO)[C@@H](C)O)cc2)cc1. The fourth-order valence-corrected chi connectivity index (χ4v) is 3.24. The quantitative estimate of drug-likeness (QED) is 0.384. The van der Waals surface area contributed by atoms with Crippen molar-refractivity contribution in [3.63, 3.8) is 0 Å². The van der Waals surface area contributed by atoms with Gasteiger partial charge in [-0.05, 0) is 79.6 Å². The maximum Gasteiger partial charge on any atom is 0.251 e. The van der Waals surface area contributed by atoms with Crippen LogP contribution in [-0.4, -0.2) is 46.6 Å². The Morgan fingerprint density at radius 1 is 0.889 bits per heavy atom. The minimum Gasteiger partial charge on any atom is -0.391 e.